The fraction of sp³-hybridized carbons (Fsp3) is 0.250. The maximum atomic E-state index is 12.1. The first-order valence-electron chi connectivity index (χ1n) is 8.04. The van der Waals surface area contributed by atoms with Crippen LogP contribution in [0, 0.1) is 5.41 Å². The zero-order valence-electron chi connectivity index (χ0n) is 13.9. The molecule has 0 saturated carbocycles. The Morgan fingerprint density at radius 3 is 2.00 bits per heavy atom. The monoisotopic (exact) mass is 384 g/mol. The molecular formula is C20H21BrN2O. The molecule has 4 heteroatoms. The van der Waals surface area contributed by atoms with Gasteiger partial charge in [0.15, 0.2) is 5.78 Å². The summed E-state index contributed by atoms with van der Waals surface area (Å²) < 4.78 is 0.674. The lowest BCUT2D eigenvalue weighted by atomic mass is 9.79. The second-order valence-electron chi connectivity index (χ2n) is 6.93. The molecule has 0 bridgehead atoms. The average Bonchev–Trinajstić information content (AvgIpc) is 2.54. The van der Waals surface area contributed by atoms with E-state index < -0.39 is 0 Å². The molecule has 0 atom stereocenters. The molecule has 2 aromatic carbocycles. The van der Waals surface area contributed by atoms with E-state index in [4.69, 9.17) is 0 Å². The quantitative estimate of drug-likeness (QED) is 0.695. The van der Waals surface area contributed by atoms with Crippen molar-refractivity contribution >= 4 is 38.8 Å². The van der Waals surface area contributed by atoms with Gasteiger partial charge in [0, 0.05) is 29.2 Å². The topological polar surface area (TPSA) is 41.1 Å². The van der Waals surface area contributed by atoms with Crippen LogP contribution >= 0.6 is 15.9 Å². The molecular weight excluding hydrogens is 364 g/mol. The number of nitrogens with one attached hydrogen (secondary N) is 2. The average molecular weight is 385 g/mol. The van der Waals surface area contributed by atoms with Gasteiger partial charge in [0.1, 0.15) is 0 Å². The van der Waals surface area contributed by atoms with Gasteiger partial charge in [0.25, 0.3) is 0 Å². The number of carbonyl (C=O) groups excluding carboxylic acids is 1. The van der Waals surface area contributed by atoms with Crippen LogP contribution in [-0.4, -0.2) is 5.78 Å². The number of rotatable bonds is 4. The number of anilines is 3. The molecule has 0 unspecified atom stereocenters. The first-order valence-corrected chi connectivity index (χ1v) is 8.83. The normalized spacial score (nSPS) is 16.9. The Labute approximate surface area is 151 Å². The molecule has 0 aliphatic heterocycles. The highest BCUT2D eigenvalue weighted by Gasteiger charge is 2.31. The van der Waals surface area contributed by atoms with Crippen molar-refractivity contribution in [1.82, 2.24) is 0 Å². The highest BCUT2D eigenvalue weighted by molar-refractivity contribution is 9.12. The van der Waals surface area contributed by atoms with Gasteiger partial charge in [0.05, 0.1) is 4.48 Å². The van der Waals surface area contributed by atoms with E-state index in [0.29, 0.717) is 10.9 Å². The summed E-state index contributed by atoms with van der Waals surface area (Å²) >= 11 is 3.44. The summed E-state index contributed by atoms with van der Waals surface area (Å²) in [6.45, 7) is 4.25. The Morgan fingerprint density at radius 2 is 1.38 bits per heavy atom. The minimum Gasteiger partial charge on any atom is -0.358 e. The molecule has 3 nitrogen and oxygen atoms in total. The van der Waals surface area contributed by atoms with Gasteiger partial charge in [-0.2, -0.15) is 0 Å². The molecule has 24 heavy (non-hydrogen) atoms. The van der Waals surface area contributed by atoms with Crippen molar-refractivity contribution in [2.45, 2.75) is 26.7 Å². The number of halogens is 1. The van der Waals surface area contributed by atoms with Crippen LogP contribution in [0.15, 0.2) is 64.8 Å². The lowest BCUT2D eigenvalue weighted by Crippen LogP contribution is -2.26. The molecule has 0 saturated heterocycles. The zero-order chi connectivity index (χ0) is 17.2. The fourth-order valence-corrected chi connectivity index (χ4v) is 3.28. The third-order valence-corrected chi connectivity index (χ3v) is 4.97. The van der Waals surface area contributed by atoms with E-state index >= 15 is 0 Å². The van der Waals surface area contributed by atoms with E-state index in [1.807, 2.05) is 54.6 Å². The highest BCUT2D eigenvalue weighted by Crippen LogP contribution is 2.39. The maximum Gasteiger partial charge on any atom is 0.172 e. The second-order valence-corrected chi connectivity index (χ2v) is 7.72. The van der Waals surface area contributed by atoms with Crippen molar-refractivity contribution in [2.75, 3.05) is 10.6 Å². The second kappa shape index (κ2) is 6.81. The fourth-order valence-electron chi connectivity index (χ4n) is 2.90. The van der Waals surface area contributed by atoms with Gasteiger partial charge in [-0.1, -0.05) is 32.0 Å². The van der Waals surface area contributed by atoms with Crippen molar-refractivity contribution < 1.29 is 4.79 Å². The van der Waals surface area contributed by atoms with Crippen molar-refractivity contribution in [3.8, 4) is 0 Å². The molecule has 124 valence electrons. The van der Waals surface area contributed by atoms with E-state index in [0.717, 1.165) is 29.2 Å². The first-order chi connectivity index (χ1) is 11.4. The Kier molecular flexibility index (Phi) is 4.76. The van der Waals surface area contributed by atoms with Gasteiger partial charge in [-0.15, -0.1) is 0 Å². The van der Waals surface area contributed by atoms with Crippen LogP contribution in [0.1, 0.15) is 26.7 Å². The summed E-state index contributed by atoms with van der Waals surface area (Å²) in [7, 11) is 0. The number of carbonyl (C=O) groups is 1. The van der Waals surface area contributed by atoms with Crippen LogP contribution in [0.25, 0.3) is 0 Å². The van der Waals surface area contributed by atoms with Gasteiger partial charge in [-0.25, -0.2) is 0 Å². The molecule has 0 spiro atoms. The smallest absolute Gasteiger partial charge is 0.172 e. The van der Waals surface area contributed by atoms with Gasteiger partial charge in [0.2, 0.25) is 0 Å². The number of allylic oxidation sites excluding steroid dienone is 2. The summed E-state index contributed by atoms with van der Waals surface area (Å²) in [5.41, 5.74) is 4.01. The van der Waals surface area contributed by atoms with Crippen LogP contribution in [0.3, 0.4) is 0 Å². The number of ketones is 1. The third kappa shape index (κ3) is 4.06. The number of hydrogen-bond acceptors (Lipinski definition) is 3. The molecule has 1 aliphatic rings. The van der Waals surface area contributed by atoms with Crippen molar-refractivity contribution in [2.24, 2.45) is 5.41 Å². The van der Waals surface area contributed by atoms with Crippen LogP contribution in [0.5, 0.6) is 0 Å². The lowest BCUT2D eigenvalue weighted by molar-refractivity contribution is -0.117. The zero-order valence-corrected chi connectivity index (χ0v) is 15.5. The summed E-state index contributed by atoms with van der Waals surface area (Å²) in [6, 6.07) is 18.2. The molecule has 2 aromatic rings. The Balaban J connectivity index is 1.72. The number of Topliss-reactive ketones (excluding diaryl/α,β-unsaturated/α-hetero) is 1. The summed E-state index contributed by atoms with van der Waals surface area (Å²) in [5, 5.41) is 6.75. The van der Waals surface area contributed by atoms with Gasteiger partial charge in [-0.05, 0) is 64.2 Å². The van der Waals surface area contributed by atoms with Gasteiger partial charge in [-0.3, -0.25) is 4.79 Å². The molecule has 1 aliphatic carbocycles. The molecule has 0 amide bonds. The summed E-state index contributed by atoms with van der Waals surface area (Å²) in [4.78, 5) is 12.1. The minimum absolute atomic E-state index is 0.00844. The van der Waals surface area contributed by atoms with Gasteiger partial charge < -0.3 is 10.6 Å². The van der Waals surface area contributed by atoms with E-state index in [-0.39, 0.29) is 11.2 Å². The summed E-state index contributed by atoms with van der Waals surface area (Å²) in [5.74, 6) is 0.163. The maximum absolute atomic E-state index is 12.1. The van der Waals surface area contributed by atoms with E-state index in [1.165, 1.54) is 0 Å². The molecule has 3 rings (SSSR count). The predicted octanol–water partition coefficient (Wildman–Crippen LogP) is 5.84. The minimum atomic E-state index is -0.00844. The first kappa shape index (κ1) is 16.8. The molecule has 2 N–H and O–H groups in total. The Bertz CT molecular complexity index is 764. The van der Waals surface area contributed by atoms with E-state index in [9.17, 15) is 4.79 Å². The van der Waals surface area contributed by atoms with E-state index in [1.54, 1.807) is 0 Å². The molecule has 0 fully saturated rings. The number of hydrogen-bond donors (Lipinski definition) is 2. The Morgan fingerprint density at radius 1 is 0.833 bits per heavy atom. The summed E-state index contributed by atoms with van der Waals surface area (Å²) in [6.07, 6.45) is 1.43. The van der Waals surface area contributed by atoms with Crippen molar-refractivity contribution in [1.29, 1.82) is 0 Å². The largest absolute Gasteiger partial charge is 0.358 e. The van der Waals surface area contributed by atoms with Crippen LogP contribution in [0.2, 0.25) is 0 Å². The van der Waals surface area contributed by atoms with Crippen molar-refractivity contribution in [3.63, 3.8) is 0 Å². The predicted molar refractivity (Wildman–Crippen MR) is 104 cm³/mol. The molecule has 0 heterocycles. The number of benzene rings is 2. The highest BCUT2D eigenvalue weighted by atomic mass is 79.9. The van der Waals surface area contributed by atoms with Crippen molar-refractivity contribution in [3.05, 3.63) is 64.8 Å². The lowest BCUT2D eigenvalue weighted by Gasteiger charge is -2.31. The standard InChI is InChI=1S/C20H21BrN2O/c1-20(2)12-17(19(21)18(24)13-20)23-16-10-8-15(9-11-16)22-14-6-4-3-5-7-14/h3-11,22-23H,12-13H2,1-2H3. The molecule has 0 radical (unpaired) electrons. The van der Waals surface area contributed by atoms with Crippen LogP contribution in [0.4, 0.5) is 17.1 Å². The van der Waals surface area contributed by atoms with Gasteiger partial charge >= 0.3 is 0 Å². The van der Waals surface area contributed by atoms with Crippen LogP contribution in [-0.2, 0) is 4.79 Å². The van der Waals surface area contributed by atoms with Crippen LogP contribution < -0.4 is 10.6 Å². The Hall–Kier alpha value is -2.07. The number of para-hydroxylation sites is 1. The SMILES string of the molecule is CC1(C)CC(=O)C(Br)=C(Nc2ccc(Nc3ccccc3)cc2)C1. The third-order valence-electron chi connectivity index (χ3n) is 4.05. The van der Waals surface area contributed by atoms with E-state index in [2.05, 4.69) is 40.4 Å². The molecule has 0 aromatic heterocycles.